The first-order valence-electron chi connectivity index (χ1n) is 8.00. The molecule has 2 amide bonds. The van der Waals surface area contributed by atoms with Gasteiger partial charge in [-0.05, 0) is 25.8 Å². The van der Waals surface area contributed by atoms with E-state index in [1.165, 1.54) is 0 Å². The van der Waals surface area contributed by atoms with Crippen molar-refractivity contribution >= 4 is 12.0 Å². The monoisotopic (exact) mass is 297 g/mol. The number of nitrogens with one attached hydrogen (secondary N) is 1. The lowest BCUT2D eigenvalue weighted by molar-refractivity contribution is -0.140. The third-order valence-electron chi connectivity index (χ3n) is 4.87. The third-order valence-corrected chi connectivity index (χ3v) is 4.87. The number of carbonyl (C=O) groups excluding carboxylic acids is 1. The summed E-state index contributed by atoms with van der Waals surface area (Å²) in [5, 5.41) is 12.5. The normalized spacial score (nSPS) is 22.4. The van der Waals surface area contributed by atoms with Crippen LogP contribution in [0.4, 0.5) is 4.79 Å². The van der Waals surface area contributed by atoms with Crippen LogP contribution in [-0.2, 0) is 4.79 Å². The summed E-state index contributed by atoms with van der Waals surface area (Å²) in [4.78, 5) is 27.6. The number of carboxylic acids is 1. The van der Waals surface area contributed by atoms with Crippen LogP contribution in [0.1, 0.15) is 44.9 Å². The Hall–Kier alpha value is -1.30. The lowest BCUT2D eigenvalue weighted by Gasteiger charge is -2.45. The van der Waals surface area contributed by atoms with E-state index in [0.29, 0.717) is 6.54 Å². The van der Waals surface area contributed by atoms with Crippen molar-refractivity contribution in [1.29, 1.82) is 0 Å². The second kappa shape index (κ2) is 7.11. The van der Waals surface area contributed by atoms with Gasteiger partial charge >= 0.3 is 12.0 Å². The van der Waals surface area contributed by atoms with Crippen molar-refractivity contribution in [2.75, 3.05) is 33.2 Å². The van der Waals surface area contributed by atoms with Crippen molar-refractivity contribution in [3.63, 3.8) is 0 Å². The molecular weight excluding hydrogens is 270 g/mol. The molecule has 0 unspecified atom stereocenters. The smallest absolute Gasteiger partial charge is 0.320 e. The van der Waals surface area contributed by atoms with Gasteiger partial charge in [-0.25, -0.2) is 4.79 Å². The maximum atomic E-state index is 12.8. The molecule has 1 saturated heterocycles. The van der Waals surface area contributed by atoms with Gasteiger partial charge in [-0.3, -0.25) is 4.79 Å². The summed E-state index contributed by atoms with van der Waals surface area (Å²) in [6.45, 7) is 3.20. The van der Waals surface area contributed by atoms with Gasteiger partial charge in [0.05, 0.1) is 12.0 Å². The van der Waals surface area contributed by atoms with Crippen LogP contribution >= 0.6 is 0 Å². The van der Waals surface area contributed by atoms with Crippen LogP contribution in [0, 0.1) is 0 Å². The zero-order valence-electron chi connectivity index (χ0n) is 12.9. The van der Waals surface area contributed by atoms with Gasteiger partial charge in [-0.15, -0.1) is 0 Å². The van der Waals surface area contributed by atoms with Crippen molar-refractivity contribution in [2.24, 2.45) is 0 Å². The van der Waals surface area contributed by atoms with E-state index in [1.807, 2.05) is 4.90 Å². The van der Waals surface area contributed by atoms with E-state index in [9.17, 15) is 14.7 Å². The molecule has 1 aliphatic carbocycles. The molecule has 2 fully saturated rings. The molecule has 6 nitrogen and oxygen atoms in total. The van der Waals surface area contributed by atoms with Gasteiger partial charge < -0.3 is 20.2 Å². The molecule has 0 aromatic heterocycles. The van der Waals surface area contributed by atoms with Crippen LogP contribution in [0.2, 0.25) is 0 Å². The number of carbonyl (C=O) groups is 2. The molecule has 21 heavy (non-hydrogen) atoms. The first kappa shape index (κ1) is 16.1. The first-order chi connectivity index (χ1) is 10.1. The van der Waals surface area contributed by atoms with Crippen LogP contribution in [0.25, 0.3) is 0 Å². The minimum atomic E-state index is -0.811. The Labute approximate surface area is 126 Å². The molecule has 2 aliphatic rings. The van der Waals surface area contributed by atoms with Gasteiger partial charge in [-0.1, -0.05) is 19.3 Å². The molecule has 0 bridgehead atoms. The quantitative estimate of drug-likeness (QED) is 0.828. The van der Waals surface area contributed by atoms with E-state index in [1.54, 1.807) is 11.9 Å². The average molecular weight is 297 g/mol. The highest BCUT2D eigenvalue weighted by atomic mass is 16.4. The fourth-order valence-corrected chi connectivity index (χ4v) is 3.57. The Morgan fingerprint density at radius 2 is 1.86 bits per heavy atom. The van der Waals surface area contributed by atoms with Crippen LogP contribution in [0.3, 0.4) is 0 Å². The standard InChI is InChI=1S/C15H27N3O3/c1-17(14(21)18-10-5-8-16-9-11-18)15(12-13(19)20)6-3-2-4-7-15/h16H,2-12H2,1H3,(H,19,20). The number of amides is 2. The Bertz CT molecular complexity index is 372. The summed E-state index contributed by atoms with van der Waals surface area (Å²) < 4.78 is 0. The topological polar surface area (TPSA) is 72.9 Å². The number of aliphatic carboxylic acids is 1. The van der Waals surface area contributed by atoms with E-state index in [2.05, 4.69) is 5.32 Å². The highest BCUT2D eigenvalue weighted by Gasteiger charge is 2.41. The minimum absolute atomic E-state index is 0.0122. The summed E-state index contributed by atoms with van der Waals surface area (Å²) in [6, 6.07) is -0.0122. The molecule has 1 heterocycles. The van der Waals surface area contributed by atoms with E-state index in [4.69, 9.17) is 0 Å². The first-order valence-corrected chi connectivity index (χ1v) is 8.00. The van der Waals surface area contributed by atoms with E-state index < -0.39 is 11.5 Å². The summed E-state index contributed by atoms with van der Waals surface area (Å²) in [5.74, 6) is -0.811. The predicted octanol–water partition coefficient (Wildman–Crippen LogP) is 1.51. The number of urea groups is 1. The SMILES string of the molecule is CN(C(=O)N1CCCNCC1)C1(CC(=O)O)CCCCC1. The second-order valence-electron chi connectivity index (χ2n) is 6.29. The average Bonchev–Trinajstić information content (AvgIpc) is 2.75. The fraction of sp³-hybridized carbons (Fsp3) is 0.867. The number of hydrogen-bond acceptors (Lipinski definition) is 3. The predicted molar refractivity (Wildman–Crippen MR) is 80.3 cm³/mol. The summed E-state index contributed by atoms with van der Waals surface area (Å²) in [6.07, 6.45) is 5.75. The third kappa shape index (κ3) is 3.87. The van der Waals surface area contributed by atoms with E-state index in [0.717, 1.165) is 58.2 Å². The molecule has 0 aromatic rings. The molecule has 2 rings (SSSR count). The van der Waals surface area contributed by atoms with E-state index >= 15 is 0 Å². The maximum absolute atomic E-state index is 12.8. The molecule has 0 aromatic carbocycles. The van der Waals surface area contributed by atoms with E-state index in [-0.39, 0.29) is 12.5 Å². The molecule has 1 saturated carbocycles. The molecule has 1 aliphatic heterocycles. The lowest BCUT2D eigenvalue weighted by Crippen LogP contribution is -2.56. The summed E-state index contributed by atoms with van der Waals surface area (Å²) >= 11 is 0. The van der Waals surface area contributed by atoms with Crippen molar-refractivity contribution < 1.29 is 14.7 Å². The maximum Gasteiger partial charge on any atom is 0.320 e. The molecule has 120 valence electrons. The zero-order valence-corrected chi connectivity index (χ0v) is 12.9. The molecule has 2 N–H and O–H groups in total. The minimum Gasteiger partial charge on any atom is -0.481 e. The van der Waals surface area contributed by atoms with Gasteiger partial charge in [0.1, 0.15) is 0 Å². The number of rotatable bonds is 3. The summed E-state index contributed by atoms with van der Waals surface area (Å²) in [5.41, 5.74) is -0.499. The van der Waals surface area contributed by atoms with Crippen LogP contribution in [-0.4, -0.2) is 65.7 Å². The highest BCUT2D eigenvalue weighted by Crippen LogP contribution is 2.36. The molecule has 0 radical (unpaired) electrons. The van der Waals surface area contributed by atoms with Crippen LogP contribution in [0.15, 0.2) is 0 Å². The number of hydrogen-bond donors (Lipinski definition) is 2. The van der Waals surface area contributed by atoms with Gasteiger partial charge in [-0.2, -0.15) is 0 Å². The fourth-order valence-electron chi connectivity index (χ4n) is 3.57. The second-order valence-corrected chi connectivity index (χ2v) is 6.29. The Morgan fingerprint density at radius 1 is 1.14 bits per heavy atom. The van der Waals surface area contributed by atoms with Gasteiger partial charge in [0.2, 0.25) is 0 Å². The van der Waals surface area contributed by atoms with Gasteiger partial charge in [0.25, 0.3) is 0 Å². The van der Waals surface area contributed by atoms with Crippen LogP contribution < -0.4 is 5.32 Å². The van der Waals surface area contributed by atoms with Gasteiger partial charge in [0, 0.05) is 26.7 Å². The van der Waals surface area contributed by atoms with Crippen molar-refractivity contribution in [3.05, 3.63) is 0 Å². The van der Waals surface area contributed by atoms with Crippen molar-refractivity contribution in [1.82, 2.24) is 15.1 Å². The molecule has 0 spiro atoms. The lowest BCUT2D eigenvalue weighted by atomic mass is 9.78. The number of carboxylic acid groups (broad SMARTS) is 1. The Morgan fingerprint density at radius 3 is 2.52 bits per heavy atom. The zero-order chi connectivity index (χ0) is 15.3. The summed E-state index contributed by atoms with van der Waals surface area (Å²) in [7, 11) is 1.79. The molecule has 6 heteroatoms. The van der Waals surface area contributed by atoms with Crippen LogP contribution in [0.5, 0.6) is 0 Å². The Balaban J connectivity index is 2.10. The Kier molecular flexibility index (Phi) is 5.45. The largest absolute Gasteiger partial charge is 0.481 e. The highest BCUT2D eigenvalue weighted by molar-refractivity contribution is 5.77. The van der Waals surface area contributed by atoms with Gasteiger partial charge in [0.15, 0.2) is 0 Å². The molecule has 0 atom stereocenters. The van der Waals surface area contributed by atoms with Crippen molar-refractivity contribution in [3.8, 4) is 0 Å². The van der Waals surface area contributed by atoms with Crippen molar-refractivity contribution in [2.45, 2.75) is 50.5 Å². The molecular formula is C15H27N3O3. The number of nitrogens with zero attached hydrogens (tertiary/aromatic N) is 2.